The first-order valence-electron chi connectivity index (χ1n) is 4.46. The molecule has 0 aromatic carbocycles. The first kappa shape index (κ1) is 11.2. The fraction of sp³-hybridized carbons (Fsp3) is 0.875. The van der Waals surface area contributed by atoms with Crippen molar-refractivity contribution in [3.63, 3.8) is 0 Å². The Bertz CT molecular complexity index is 205. The van der Waals surface area contributed by atoms with Gasteiger partial charge in [0.2, 0.25) is 0 Å². The van der Waals surface area contributed by atoms with Crippen molar-refractivity contribution in [2.45, 2.75) is 25.4 Å². The summed E-state index contributed by atoms with van der Waals surface area (Å²) in [5, 5.41) is 17.6. The Balaban J connectivity index is 2.39. The molecule has 0 aromatic rings. The van der Waals surface area contributed by atoms with Crippen LogP contribution in [0.2, 0.25) is 0 Å². The molecule has 4 nitrogen and oxygen atoms in total. The van der Waals surface area contributed by atoms with Gasteiger partial charge in [0.1, 0.15) is 6.10 Å². The molecular weight excluding hydrogens is 196 g/mol. The highest BCUT2D eigenvalue weighted by molar-refractivity contribution is 5.64. The Labute approximate surface area is 80.1 Å². The van der Waals surface area contributed by atoms with E-state index in [4.69, 9.17) is 10.2 Å². The average molecular weight is 209 g/mol. The molecule has 0 aromatic heterocycles. The number of nitrogens with zero attached hydrogens (tertiary/aromatic N) is 1. The van der Waals surface area contributed by atoms with Crippen LogP contribution in [0.5, 0.6) is 0 Å². The minimum absolute atomic E-state index is 0.226. The molecule has 1 aliphatic rings. The molecule has 1 heterocycles. The molecule has 14 heavy (non-hydrogen) atoms. The van der Waals surface area contributed by atoms with Crippen molar-refractivity contribution in [1.29, 1.82) is 0 Å². The van der Waals surface area contributed by atoms with Crippen molar-refractivity contribution in [1.82, 2.24) is 4.90 Å². The first-order valence-corrected chi connectivity index (χ1v) is 4.46. The van der Waals surface area contributed by atoms with Crippen LogP contribution in [0.1, 0.15) is 12.8 Å². The third-order valence-electron chi connectivity index (χ3n) is 2.55. The zero-order valence-electron chi connectivity index (χ0n) is 7.57. The molecule has 82 valence electrons. The monoisotopic (exact) mass is 209 g/mol. The number of halogens is 2. The summed E-state index contributed by atoms with van der Waals surface area (Å²) in [5.74, 6) is -0.481. The van der Waals surface area contributed by atoms with Crippen LogP contribution in [0.25, 0.3) is 0 Å². The molecule has 1 aliphatic heterocycles. The third kappa shape index (κ3) is 2.54. The van der Waals surface area contributed by atoms with Gasteiger partial charge < -0.3 is 15.1 Å². The van der Waals surface area contributed by atoms with Crippen LogP contribution >= 0.6 is 0 Å². The molecule has 2 N–H and O–H groups in total. The third-order valence-corrected chi connectivity index (χ3v) is 2.55. The van der Waals surface area contributed by atoms with Crippen molar-refractivity contribution >= 4 is 6.09 Å². The zero-order valence-corrected chi connectivity index (χ0v) is 7.57. The van der Waals surface area contributed by atoms with Crippen molar-refractivity contribution < 1.29 is 23.8 Å². The molecule has 6 heteroatoms. The van der Waals surface area contributed by atoms with Gasteiger partial charge >= 0.3 is 6.09 Å². The van der Waals surface area contributed by atoms with E-state index in [1.807, 2.05) is 0 Å². The Hall–Kier alpha value is -0.910. The van der Waals surface area contributed by atoms with Crippen LogP contribution in [-0.4, -0.2) is 46.8 Å². The number of piperidine rings is 1. The minimum atomic E-state index is -2.74. The van der Waals surface area contributed by atoms with Gasteiger partial charge in [-0.2, -0.15) is 0 Å². The topological polar surface area (TPSA) is 60.8 Å². The number of carbonyl (C=O) groups is 1. The van der Waals surface area contributed by atoms with Gasteiger partial charge in [0.05, 0.1) is 0 Å². The maximum absolute atomic E-state index is 12.1. The van der Waals surface area contributed by atoms with E-state index in [9.17, 15) is 13.6 Å². The van der Waals surface area contributed by atoms with E-state index in [-0.39, 0.29) is 13.1 Å². The second-order valence-electron chi connectivity index (χ2n) is 3.43. The van der Waals surface area contributed by atoms with Crippen LogP contribution < -0.4 is 0 Å². The molecule has 1 amide bonds. The standard InChI is InChI=1S/C8H13F2NO3/c9-7(10)6(12)5-1-3-11(4-2-5)8(13)14/h5-7,12H,1-4H2,(H,13,14). The summed E-state index contributed by atoms with van der Waals surface area (Å²) >= 11 is 0. The van der Waals surface area contributed by atoms with Crippen LogP contribution in [0.4, 0.5) is 13.6 Å². The molecular formula is C8H13F2NO3. The van der Waals surface area contributed by atoms with Gasteiger partial charge in [-0.05, 0) is 18.8 Å². The van der Waals surface area contributed by atoms with Crippen molar-refractivity contribution in [2.24, 2.45) is 5.92 Å². The predicted molar refractivity (Wildman–Crippen MR) is 44.3 cm³/mol. The smallest absolute Gasteiger partial charge is 0.407 e. The number of carboxylic acid groups (broad SMARTS) is 1. The number of aliphatic hydroxyl groups excluding tert-OH is 1. The second kappa shape index (κ2) is 4.54. The molecule has 1 atom stereocenters. The summed E-state index contributed by atoms with van der Waals surface area (Å²) in [4.78, 5) is 11.7. The maximum Gasteiger partial charge on any atom is 0.407 e. The molecule has 1 saturated heterocycles. The SMILES string of the molecule is O=C(O)N1CCC(C(O)C(F)F)CC1. The van der Waals surface area contributed by atoms with Crippen LogP contribution in [0.15, 0.2) is 0 Å². The Morgan fingerprint density at radius 2 is 1.86 bits per heavy atom. The fourth-order valence-corrected chi connectivity index (χ4v) is 1.64. The van der Waals surface area contributed by atoms with Crippen molar-refractivity contribution in [3.8, 4) is 0 Å². The summed E-state index contributed by atoms with van der Waals surface area (Å²) in [6, 6.07) is 0. The van der Waals surface area contributed by atoms with E-state index >= 15 is 0 Å². The normalized spacial score (nSPS) is 21.3. The van der Waals surface area contributed by atoms with E-state index in [0.717, 1.165) is 0 Å². The van der Waals surface area contributed by atoms with Gasteiger partial charge in [-0.1, -0.05) is 0 Å². The first-order chi connectivity index (χ1) is 6.52. The molecule has 0 aliphatic carbocycles. The molecule has 1 unspecified atom stereocenters. The lowest BCUT2D eigenvalue weighted by Gasteiger charge is -2.32. The van der Waals surface area contributed by atoms with Crippen molar-refractivity contribution in [2.75, 3.05) is 13.1 Å². The number of amides is 1. The van der Waals surface area contributed by atoms with Gasteiger partial charge in [0.25, 0.3) is 6.43 Å². The summed E-state index contributed by atoms with van der Waals surface area (Å²) in [5.41, 5.74) is 0. The quantitative estimate of drug-likeness (QED) is 0.713. The van der Waals surface area contributed by atoms with Gasteiger partial charge in [-0.25, -0.2) is 13.6 Å². The summed E-state index contributed by atoms with van der Waals surface area (Å²) < 4.78 is 24.2. The van der Waals surface area contributed by atoms with E-state index in [2.05, 4.69) is 0 Å². The molecule has 0 bridgehead atoms. The molecule has 1 fully saturated rings. The number of hydrogen-bond acceptors (Lipinski definition) is 2. The lowest BCUT2D eigenvalue weighted by molar-refractivity contribution is -0.0519. The number of likely N-dealkylation sites (tertiary alicyclic amines) is 1. The van der Waals surface area contributed by atoms with E-state index in [0.29, 0.717) is 12.8 Å². The second-order valence-corrected chi connectivity index (χ2v) is 3.43. The van der Waals surface area contributed by atoms with Gasteiger partial charge in [-0.3, -0.25) is 0 Å². The lowest BCUT2D eigenvalue weighted by Crippen LogP contribution is -2.42. The Morgan fingerprint density at radius 1 is 1.36 bits per heavy atom. The largest absolute Gasteiger partial charge is 0.465 e. The molecule has 0 radical (unpaired) electrons. The highest BCUT2D eigenvalue weighted by Gasteiger charge is 2.31. The maximum atomic E-state index is 12.1. The van der Waals surface area contributed by atoms with E-state index in [1.54, 1.807) is 0 Å². The van der Waals surface area contributed by atoms with Gasteiger partial charge in [-0.15, -0.1) is 0 Å². The Kier molecular flexibility index (Phi) is 3.62. The summed E-state index contributed by atoms with van der Waals surface area (Å²) in [7, 11) is 0. The number of hydrogen-bond donors (Lipinski definition) is 2. The number of rotatable bonds is 2. The van der Waals surface area contributed by atoms with Gasteiger partial charge in [0.15, 0.2) is 0 Å². The minimum Gasteiger partial charge on any atom is -0.465 e. The average Bonchev–Trinajstić information content (AvgIpc) is 2.16. The van der Waals surface area contributed by atoms with E-state index < -0.39 is 24.5 Å². The summed E-state index contributed by atoms with van der Waals surface area (Å²) in [6.07, 6.45) is -4.78. The van der Waals surface area contributed by atoms with Crippen LogP contribution in [-0.2, 0) is 0 Å². The van der Waals surface area contributed by atoms with Gasteiger partial charge in [0, 0.05) is 13.1 Å². The fourth-order valence-electron chi connectivity index (χ4n) is 1.64. The van der Waals surface area contributed by atoms with E-state index in [1.165, 1.54) is 4.90 Å². The predicted octanol–water partition coefficient (Wildman–Crippen LogP) is 1.00. The highest BCUT2D eigenvalue weighted by atomic mass is 19.3. The molecule has 1 rings (SSSR count). The Morgan fingerprint density at radius 3 is 2.21 bits per heavy atom. The zero-order chi connectivity index (χ0) is 10.7. The van der Waals surface area contributed by atoms with Crippen LogP contribution in [0.3, 0.4) is 0 Å². The van der Waals surface area contributed by atoms with Crippen LogP contribution in [0, 0.1) is 5.92 Å². The summed E-state index contributed by atoms with van der Waals surface area (Å²) in [6.45, 7) is 0.452. The lowest BCUT2D eigenvalue weighted by atomic mass is 9.91. The highest BCUT2D eigenvalue weighted by Crippen LogP contribution is 2.23. The number of aliphatic hydroxyl groups is 1. The van der Waals surface area contributed by atoms with Crippen molar-refractivity contribution in [3.05, 3.63) is 0 Å². The molecule has 0 spiro atoms. The number of alkyl halides is 2. The molecule has 0 saturated carbocycles.